The van der Waals surface area contributed by atoms with Crippen LogP contribution in [-0.2, 0) is 4.74 Å². The van der Waals surface area contributed by atoms with Crippen LogP contribution in [0, 0.1) is 5.92 Å². The number of hydrogen-bond donors (Lipinski definition) is 2. The SMILES string of the molecule is CCOC1=CNC2=C(C(=O)c3ccc(O)cc3C2=O)C1C. The molecule has 0 saturated heterocycles. The highest BCUT2D eigenvalue weighted by Crippen LogP contribution is 2.36. The van der Waals surface area contributed by atoms with Crippen LogP contribution in [0.2, 0.25) is 0 Å². The number of ketones is 2. The number of aromatic hydroxyl groups is 1. The molecule has 0 fully saturated rings. The summed E-state index contributed by atoms with van der Waals surface area (Å²) >= 11 is 0. The van der Waals surface area contributed by atoms with Crippen molar-refractivity contribution >= 4 is 11.6 Å². The standard InChI is InChI=1S/C16H15NO4/c1-3-21-12-7-17-14-13(8(12)2)15(19)10-5-4-9(18)6-11(10)16(14)20/h4-8,17-18H,3H2,1-2H3. The minimum Gasteiger partial charge on any atom is -0.508 e. The zero-order valence-electron chi connectivity index (χ0n) is 11.8. The van der Waals surface area contributed by atoms with Gasteiger partial charge in [0.15, 0.2) is 5.78 Å². The van der Waals surface area contributed by atoms with E-state index in [9.17, 15) is 14.7 Å². The van der Waals surface area contributed by atoms with Gasteiger partial charge in [-0.2, -0.15) is 0 Å². The number of ether oxygens (including phenoxy) is 1. The fraction of sp³-hybridized carbons (Fsp3) is 0.250. The van der Waals surface area contributed by atoms with Gasteiger partial charge in [-0.3, -0.25) is 9.59 Å². The predicted molar refractivity (Wildman–Crippen MR) is 75.8 cm³/mol. The van der Waals surface area contributed by atoms with Crippen molar-refractivity contribution in [3.63, 3.8) is 0 Å². The van der Waals surface area contributed by atoms with Crippen molar-refractivity contribution < 1.29 is 19.4 Å². The maximum atomic E-state index is 12.7. The minimum absolute atomic E-state index is 0.0339. The monoisotopic (exact) mass is 285 g/mol. The first-order chi connectivity index (χ1) is 10.0. The number of carbonyl (C=O) groups is 2. The van der Waals surface area contributed by atoms with Gasteiger partial charge in [-0.25, -0.2) is 0 Å². The van der Waals surface area contributed by atoms with Gasteiger partial charge in [0.2, 0.25) is 5.78 Å². The van der Waals surface area contributed by atoms with Crippen LogP contribution in [0.5, 0.6) is 5.75 Å². The quantitative estimate of drug-likeness (QED) is 0.870. The van der Waals surface area contributed by atoms with Crippen molar-refractivity contribution in [1.82, 2.24) is 5.32 Å². The van der Waals surface area contributed by atoms with E-state index < -0.39 is 0 Å². The molecule has 1 atom stereocenters. The van der Waals surface area contributed by atoms with Gasteiger partial charge in [0.25, 0.3) is 0 Å². The third-order valence-electron chi connectivity index (χ3n) is 3.76. The predicted octanol–water partition coefficient (Wildman–Crippen LogP) is 2.14. The Bertz CT molecular complexity index is 715. The number of Topliss-reactive ketones (excluding diaryl/α,β-unsaturated/α-hetero) is 2. The molecule has 1 aliphatic carbocycles. The second-order valence-corrected chi connectivity index (χ2v) is 5.02. The molecule has 0 saturated carbocycles. The number of allylic oxidation sites excluding steroid dienone is 2. The van der Waals surface area contributed by atoms with Crippen LogP contribution >= 0.6 is 0 Å². The highest BCUT2D eigenvalue weighted by atomic mass is 16.5. The summed E-state index contributed by atoms with van der Waals surface area (Å²) in [6, 6.07) is 4.23. The molecule has 0 bridgehead atoms. The van der Waals surface area contributed by atoms with Gasteiger partial charge in [-0.05, 0) is 25.1 Å². The summed E-state index contributed by atoms with van der Waals surface area (Å²) in [7, 11) is 0. The zero-order valence-corrected chi connectivity index (χ0v) is 11.8. The van der Waals surface area contributed by atoms with Crippen molar-refractivity contribution in [2.45, 2.75) is 13.8 Å². The smallest absolute Gasteiger partial charge is 0.210 e. The Morgan fingerprint density at radius 1 is 1.24 bits per heavy atom. The number of phenolic OH excluding ortho intramolecular Hbond substituents is 1. The van der Waals surface area contributed by atoms with E-state index in [0.29, 0.717) is 23.5 Å². The molecular formula is C16H15NO4. The molecule has 1 aliphatic heterocycles. The van der Waals surface area contributed by atoms with E-state index in [1.54, 1.807) is 6.20 Å². The molecule has 3 rings (SSSR count). The Kier molecular flexibility index (Phi) is 3.05. The molecule has 1 aromatic rings. The average Bonchev–Trinajstić information content (AvgIpc) is 2.47. The summed E-state index contributed by atoms with van der Waals surface area (Å²) in [5.41, 5.74) is 1.24. The van der Waals surface area contributed by atoms with E-state index in [2.05, 4.69) is 5.32 Å². The second kappa shape index (κ2) is 4.77. The molecule has 1 unspecified atom stereocenters. The molecule has 0 radical (unpaired) electrons. The number of nitrogens with one attached hydrogen (secondary N) is 1. The Morgan fingerprint density at radius 2 is 2.00 bits per heavy atom. The molecular weight excluding hydrogens is 270 g/mol. The molecule has 5 heteroatoms. The van der Waals surface area contributed by atoms with Gasteiger partial charge in [-0.15, -0.1) is 0 Å². The summed E-state index contributed by atoms with van der Waals surface area (Å²) in [5.74, 6) is -0.161. The maximum Gasteiger partial charge on any atom is 0.210 e. The molecule has 0 aromatic heterocycles. The fourth-order valence-electron chi connectivity index (χ4n) is 2.73. The highest BCUT2D eigenvalue weighted by Gasteiger charge is 2.38. The molecule has 2 N–H and O–H groups in total. The number of dihydropyridines is 1. The lowest BCUT2D eigenvalue weighted by Gasteiger charge is -2.29. The molecule has 0 spiro atoms. The molecule has 5 nitrogen and oxygen atoms in total. The van der Waals surface area contributed by atoms with Crippen molar-refractivity contribution in [3.8, 4) is 5.75 Å². The normalized spacial score (nSPS) is 20.5. The number of phenols is 1. The fourth-order valence-corrected chi connectivity index (χ4v) is 2.73. The molecule has 2 aliphatic rings. The number of fused-ring (bicyclic) bond motifs is 1. The van der Waals surface area contributed by atoms with Gasteiger partial charge in [0.1, 0.15) is 11.5 Å². The maximum absolute atomic E-state index is 12.7. The molecule has 1 aromatic carbocycles. The van der Waals surface area contributed by atoms with Gasteiger partial charge in [-0.1, -0.05) is 6.92 Å². The van der Waals surface area contributed by atoms with Crippen LogP contribution in [0.1, 0.15) is 34.6 Å². The van der Waals surface area contributed by atoms with Crippen LogP contribution in [0.3, 0.4) is 0 Å². The largest absolute Gasteiger partial charge is 0.508 e. The summed E-state index contributed by atoms with van der Waals surface area (Å²) < 4.78 is 5.50. The van der Waals surface area contributed by atoms with Crippen LogP contribution in [0.25, 0.3) is 0 Å². The first kappa shape index (κ1) is 13.4. The average molecular weight is 285 g/mol. The van der Waals surface area contributed by atoms with E-state index in [4.69, 9.17) is 4.74 Å². The minimum atomic E-state index is -0.283. The summed E-state index contributed by atoms with van der Waals surface area (Å²) in [5, 5.41) is 12.4. The van der Waals surface area contributed by atoms with E-state index in [1.165, 1.54) is 18.2 Å². The third kappa shape index (κ3) is 1.93. The van der Waals surface area contributed by atoms with Gasteiger partial charge >= 0.3 is 0 Å². The van der Waals surface area contributed by atoms with Gasteiger partial charge in [0, 0.05) is 28.8 Å². The number of hydrogen-bond acceptors (Lipinski definition) is 5. The second-order valence-electron chi connectivity index (χ2n) is 5.02. The first-order valence-corrected chi connectivity index (χ1v) is 6.80. The van der Waals surface area contributed by atoms with Crippen LogP contribution in [0.4, 0.5) is 0 Å². The number of carbonyl (C=O) groups excluding carboxylic acids is 2. The van der Waals surface area contributed by atoms with Crippen LogP contribution < -0.4 is 5.32 Å². The molecule has 108 valence electrons. The van der Waals surface area contributed by atoms with Crippen molar-refractivity contribution in [2.24, 2.45) is 5.92 Å². The Morgan fingerprint density at radius 3 is 2.71 bits per heavy atom. The Hall–Kier alpha value is -2.56. The summed E-state index contributed by atoms with van der Waals surface area (Å²) in [4.78, 5) is 25.2. The Balaban J connectivity index is 2.10. The van der Waals surface area contributed by atoms with Crippen molar-refractivity contribution in [1.29, 1.82) is 0 Å². The molecule has 21 heavy (non-hydrogen) atoms. The Labute approximate surface area is 121 Å². The lowest BCUT2D eigenvalue weighted by molar-refractivity contribution is 0.0951. The molecule has 1 heterocycles. The summed E-state index contributed by atoms with van der Waals surface area (Å²) in [6.45, 7) is 4.20. The van der Waals surface area contributed by atoms with Crippen LogP contribution in [-0.4, -0.2) is 23.3 Å². The highest BCUT2D eigenvalue weighted by molar-refractivity contribution is 6.27. The zero-order chi connectivity index (χ0) is 15.1. The number of rotatable bonds is 2. The van der Waals surface area contributed by atoms with Crippen molar-refractivity contribution in [2.75, 3.05) is 6.61 Å². The van der Waals surface area contributed by atoms with E-state index in [1.807, 2.05) is 13.8 Å². The first-order valence-electron chi connectivity index (χ1n) is 6.80. The van der Waals surface area contributed by atoms with Crippen molar-refractivity contribution in [3.05, 3.63) is 52.6 Å². The lowest BCUT2D eigenvalue weighted by Crippen LogP contribution is -2.35. The number of benzene rings is 1. The molecule has 0 amide bonds. The van der Waals surface area contributed by atoms with Gasteiger partial charge in [0.05, 0.1) is 12.3 Å². The van der Waals surface area contributed by atoms with E-state index in [-0.39, 0.29) is 34.5 Å². The lowest BCUT2D eigenvalue weighted by atomic mass is 9.80. The topological polar surface area (TPSA) is 75.6 Å². The van der Waals surface area contributed by atoms with Gasteiger partial charge < -0.3 is 15.2 Å². The van der Waals surface area contributed by atoms with Crippen LogP contribution in [0.15, 0.2) is 41.4 Å². The van der Waals surface area contributed by atoms with E-state index in [0.717, 1.165) is 0 Å². The third-order valence-corrected chi connectivity index (χ3v) is 3.76. The summed E-state index contributed by atoms with van der Waals surface area (Å²) in [6.07, 6.45) is 1.62. The van der Waals surface area contributed by atoms with E-state index >= 15 is 0 Å².